The molecule has 0 aromatic heterocycles. The molecule has 3 amide bonds. The van der Waals surface area contributed by atoms with Crippen LogP contribution in [0.5, 0.6) is 0 Å². The number of amides is 3. The van der Waals surface area contributed by atoms with Crippen LogP contribution >= 0.6 is 0 Å². The van der Waals surface area contributed by atoms with Crippen molar-refractivity contribution in [1.82, 2.24) is 9.80 Å². The SMILES string of the molecule is C[C@@H]1CC[C@@H]2C(=O)N(C)C(=O)[C@H]2[C@@H]1C(=O)N(C)CC1CCCCC1. The third kappa shape index (κ3) is 2.98. The van der Waals surface area contributed by atoms with Gasteiger partial charge in [0.1, 0.15) is 0 Å². The number of carbonyl (C=O) groups is 3. The van der Waals surface area contributed by atoms with Crippen molar-refractivity contribution in [2.24, 2.45) is 29.6 Å². The van der Waals surface area contributed by atoms with Gasteiger partial charge in [-0.2, -0.15) is 0 Å². The van der Waals surface area contributed by atoms with Gasteiger partial charge in [0.25, 0.3) is 0 Å². The van der Waals surface area contributed by atoms with Gasteiger partial charge in [0.05, 0.1) is 17.8 Å². The Balaban J connectivity index is 1.74. The summed E-state index contributed by atoms with van der Waals surface area (Å²) in [6, 6.07) is 0. The molecule has 2 saturated carbocycles. The second-order valence-corrected chi connectivity index (χ2v) is 8.17. The fourth-order valence-corrected chi connectivity index (χ4v) is 5.09. The molecule has 0 spiro atoms. The predicted octanol–water partition coefficient (Wildman–Crippen LogP) is 2.30. The van der Waals surface area contributed by atoms with Crippen LogP contribution in [0.25, 0.3) is 0 Å². The lowest BCUT2D eigenvalue weighted by molar-refractivity contribution is -0.147. The number of hydrogen-bond donors (Lipinski definition) is 0. The van der Waals surface area contributed by atoms with E-state index in [1.807, 2.05) is 11.9 Å². The lowest BCUT2D eigenvalue weighted by Crippen LogP contribution is -2.47. The molecule has 3 rings (SSSR count). The number of rotatable bonds is 3. The number of imide groups is 1. The molecule has 4 atom stereocenters. The van der Waals surface area contributed by atoms with Gasteiger partial charge in [-0.1, -0.05) is 26.2 Å². The van der Waals surface area contributed by atoms with Gasteiger partial charge in [0, 0.05) is 20.6 Å². The van der Waals surface area contributed by atoms with Gasteiger partial charge in [-0.05, 0) is 37.5 Å². The van der Waals surface area contributed by atoms with E-state index in [9.17, 15) is 14.4 Å². The molecule has 5 heteroatoms. The molecule has 3 aliphatic rings. The van der Waals surface area contributed by atoms with E-state index >= 15 is 0 Å². The van der Waals surface area contributed by atoms with E-state index in [-0.39, 0.29) is 35.5 Å². The maximum absolute atomic E-state index is 13.1. The first kappa shape index (κ1) is 17.4. The average molecular weight is 334 g/mol. The first-order valence-corrected chi connectivity index (χ1v) is 9.48. The summed E-state index contributed by atoms with van der Waals surface area (Å²) in [5, 5.41) is 0. The van der Waals surface area contributed by atoms with Gasteiger partial charge in [0.2, 0.25) is 17.7 Å². The largest absolute Gasteiger partial charge is 0.345 e. The first-order chi connectivity index (χ1) is 11.4. The highest BCUT2D eigenvalue weighted by Gasteiger charge is 2.55. The van der Waals surface area contributed by atoms with E-state index in [0.717, 1.165) is 19.4 Å². The van der Waals surface area contributed by atoms with Gasteiger partial charge in [-0.15, -0.1) is 0 Å². The summed E-state index contributed by atoms with van der Waals surface area (Å²) in [6.45, 7) is 2.85. The van der Waals surface area contributed by atoms with E-state index in [1.165, 1.54) is 37.0 Å². The number of fused-ring (bicyclic) bond motifs is 1. The molecule has 0 radical (unpaired) electrons. The van der Waals surface area contributed by atoms with Crippen molar-refractivity contribution in [1.29, 1.82) is 0 Å². The number of hydrogen-bond acceptors (Lipinski definition) is 3. The van der Waals surface area contributed by atoms with Gasteiger partial charge in [-0.25, -0.2) is 0 Å². The maximum atomic E-state index is 13.1. The number of nitrogens with zero attached hydrogens (tertiary/aromatic N) is 2. The van der Waals surface area contributed by atoms with E-state index < -0.39 is 5.92 Å². The van der Waals surface area contributed by atoms with Crippen molar-refractivity contribution in [2.45, 2.75) is 51.9 Å². The smallest absolute Gasteiger partial charge is 0.233 e. The molecule has 0 aromatic rings. The molecule has 1 aliphatic heterocycles. The van der Waals surface area contributed by atoms with Gasteiger partial charge < -0.3 is 4.90 Å². The zero-order valence-electron chi connectivity index (χ0n) is 15.2. The lowest BCUT2D eigenvalue weighted by Gasteiger charge is -2.38. The van der Waals surface area contributed by atoms with Crippen molar-refractivity contribution < 1.29 is 14.4 Å². The van der Waals surface area contributed by atoms with Crippen LogP contribution in [0, 0.1) is 29.6 Å². The molecule has 134 valence electrons. The molecule has 5 nitrogen and oxygen atoms in total. The fourth-order valence-electron chi connectivity index (χ4n) is 5.09. The predicted molar refractivity (Wildman–Crippen MR) is 90.9 cm³/mol. The Morgan fingerprint density at radius 2 is 1.75 bits per heavy atom. The highest BCUT2D eigenvalue weighted by molar-refractivity contribution is 6.06. The standard InChI is InChI=1S/C19H30N2O3/c1-12-9-10-14-16(19(24)21(3)17(14)22)15(12)18(23)20(2)11-13-7-5-4-6-8-13/h12-16H,4-11H2,1-3H3/t12-,14+,15-,16-/m1/s1. The fraction of sp³-hybridized carbons (Fsp3) is 0.842. The summed E-state index contributed by atoms with van der Waals surface area (Å²) >= 11 is 0. The van der Waals surface area contributed by atoms with Crippen LogP contribution in [0.2, 0.25) is 0 Å². The molecule has 24 heavy (non-hydrogen) atoms. The topological polar surface area (TPSA) is 57.7 Å². The van der Waals surface area contributed by atoms with Crippen LogP contribution in [-0.2, 0) is 14.4 Å². The summed E-state index contributed by atoms with van der Waals surface area (Å²) in [5.41, 5.74) is 0. The van der Waals surface area contributed by atoms with Crippen LogP contribution in [0.4, 0.5) is 0 Å². The monoisotopic (exact) mass is 334 g/mol. The van der Waals surface area contributed by atoms with Crippen LogP contribution in [0.1, 0.15) is 51.9 Å². The van der Waals surface area contributed by atoms with E-state index in [2.05, 4.69) is 6.92 Å². The normalized spacial score (nSPS) is 34.4. The quantitative estimate of drug-likeness (QED) is 0.744. The number of carbonyl (C=O) groups excluding carboxylic acids is 3. The molecular weight excluding hydrogens is 304 g/mol. The third-order valence-corrected chi connectivity index (χ3v) is 6.55. The second kappa shape index (κ2) is 6.85. The molecule has 0 unspecified atom stereocenters. The van der Waals surface area contributed by atoms with Crippen molar-refractivity contribution in [3.63, 3.8) is 0 Å². The molecule has 0 N–H and O–H groups in total. The zero-order chi connectivity index (χ0) is 17.4. The van der Waals surface area contributed by atoms with Crippen LogP contribution in [-0.4, -0.2) is 48.2 Å². The van der Waals surface area contributed by atoms with Gasteiger partial charge in [0.15, 0.2) is 0 Å². The molecule has 3 fully saturated rings. The molecule has 2 aliphatic carbocycles. The van der Waals surface area contributed by atoms with Crippen LogP contribution < -0.4 is 0 Å². The van der Waals surface area contributed by atoms with E-state index in [4.69, 9.17) is 0 Å². The molecule has 0 bridgehead atoms. The van der Waals surface area contributed by atoms with Gasteiger partial charge in [-0.3, -0.25) is 19.3 Å². The number of likely N-dealkylation sites (tertiary alicyclic amines) is 1. The maximum Gasteiger partial charge on any atom is 0.233 e. The Morgan fingerprint density at radius 3 is 2.42 bits per heavy atom. The van der Waals surface area contributed by atoms with Crippen LogP contribution in [0.3, 0.4) is 0 Å². The average Bonchev–Trinajstić information content (AvgIpc) is 2.79. The third-order valence-electron chi connectivity index (χ3n) is 6.55. The summed E-state index contributed by atoms with van der Waals surface area (Å²) in [5.74, 6) is -0.478. The minimum absolute atomic E-state index is 0.0687. The minimum atomic E-state index is -0.437. The molecule has 0 aromatic carbocycles. The Morgan fingerprint density at radius 1 is 1.08 bits per heavy atom. The summed E-state index contributed by atoms with van der Waals surface area (Å²) in [7, 11) is 3.43. The van der Waals surface area contributed by atoms with E-state index in [1.54, 1.807) is 7.05 Å². The summed E-state index contributed by atoms with van der Waals surface area (Å²) < 4.78 is 0. The van der Waals surface area contributed by atoms with Crippen LogP contribution in [0.15, 0.2) is 0 Å². The van der Waals surface area contributed by atoms with Crippen molar-refractivity contribution in [3.05, 3.63) is 0 Å². The highest BCUT2D eigenvalue weighted by Crippen LogP contribution is 2.45. The highest BCUT2D eigenvalue weighted by atomic mass is 16.2. The second-order valence-electron chi connectivity index (χ2n) is 8.17. The Bertz CT molecular complexity index is 527. The van der Waals surface area contributed by atoms with Crippen molar-refractivity contribution >= 4 is 17.7 Å². The summed E-state index contributed by atoms with van der Waals surface area (Å²) in [6.07, 6.45) is 7.80. The Hall–Kier alpha value is -1.39. The Labute approximate surface area is 144 Å². The van der Waals surface area contributed by atoms with E-state index in [0.29, 0.717) is 5.92 Å². The van der Waals surface area contributed by atoms with Crippen molar-refractivity contribution in [3.8, 4) is 0 Å². The summed E-state index contributed by atoms with van der Waals surface area (Å²) in [4.78, 5) is 41.1. The van der Waals surface area contributed by atoms with Gasteiger partial charge >= 0.3 is 0 Å². The lowest BCUT2D eigenvalue weighted by atomic mass is 9.67. The van der Waals surface area contributed by atoms with Crippen molar-refractivity contribution in [2.75, 3.05) is 20.6 Å². The molecule has 1 saturated heterocycles. The minimum Gasteiger partial charge on any atom is -0.345 e. The zero-order valence-corrected chi connectivity index (χ0v) is 15.2. The Kier molecular flexibility index (Phi) is 4.97. The first-order valence-electron chi connectivity index (χ1n) is 9.48. The molecule has 1 heterocycles. The molecular formula is C19H30N2O3.